The predicted octanol–water partition coefficient (Wildman–Crippen LogP) is 4.98. The predicted molar refractivity (Wildman–Crippen MR) is 88.0 cm³/mol. The number of rotatable bonds is 8. The fraction of sp³-hybridized carbons (Fsp3) is 0.647. The van der Waals surface area contributed by atoms with Crippen LogP contribution in [-0.2, 0) is 4.74 Å². The molecule has 2 atom stereocenters. The van der Waals surface area contributed by atoms with Crippen LogP contribution in [0.1, 0.15) is 57.1 Å². The van der Waals surface area contributed by atoms with Crippen LogP contribution >= 0.6 is 15.9 Å². The second-order valence-corrected chi connectivity index (χ2v) is 6.65. The maximum absolute atomic E-state index is 14.2. The van der Waals surface area contributed by atoms with Crippen molar-refractivity contribution in [3.63, 3.8) is 0 Å². The standard InChI is InChI=1S/C17H25BrFNO/c1-2-10-20-17(7-3-5-14-6-4-11-21-14)15-9-8-13(18)12-16(15)19/h8-9,12,14,17,20H,2-7,10-11H2,1H3. The first kappa shape index (κ1) is 16.9. The Hall–Kier alpha value is -0.450. The van der Waals surface area contributed by atoms with E-state index < -0.39 is 0 Å². The summed E-state index contributed by atoms with van der Waals surface area (Å²) in [6.07, 6.45) is 6.96. The maximum Gasteiger partial charge on any atom is 0.129 e. The topological polar surface area (TPSA) is 21.3 Å². The molecule has 1 N–H and O–H groups in total. The summed E-state index contributed by atoms with van der Waals surface area (Å²) in [4.78, 5) is 0. The molecule has 0 spiro atoms. The largest absolute Gasteiger partial charge is 0.378 e. The van der Waals surface area contributed by atoms with E-state index in [1.54, 1.807) is 6.07 Å². The number of halogens is 2. The van der Waals surface area contributed by atoms with Gasteiger partial charge in [-0.1, -0.05) is 28.9 Å². The summed E-state index contributed by atoms with van der Waals surface area (Å²) >= 11 is 3.32. The molecule has 1 aliphatic rings. The van der Waals surface area contributed by atoms with Gasteiger partial charge in [-0.05, 0) is 57.2 Å². The molecule has 0 aromatic heterocycles. The zero-order chi connectivity index (χ0) is 15.1. The number of ether oxygens (including phenoxy) is 1. The van der Waals surface area contributed by atoms with Gasteiger partial charge in [0.25, 0.3) is 0 Å². The molecule has 1 heterocycles. The lowest BCUT2D eigenvalue weighted by molar-refractivity contribution is 0.101. The highest BCUT2D eigenvalue weighted by Gasteiger charge is 2.18. The lowest BCUT2D eigenvalue weighted by Crippen LogP contribution is -2.23. The van der Waals surface area contributed by atoms with Crippen LogP contribution in [0.25, 0.3) is 0 Å². The molecule has 1 aromatic rings. The Labute approximate surface area is 135 Å². The van der Waals surface area contributed by atoms with E-state index in [1.807, 2.05) is 12.1 Å². The normalized spacial score (nSPS) is 19.9. The second-order valence-electron chi connectivity index (χ2n) is 5.74. The highest BCUT2D eigenvalue weighted by atomic mass is 79.9. The van der Waals surface area contributed by atoms with Crippen molar-refractivity contribution in [1.29, 1.82) is 0 Å². The highest BCUT2D eigenvalue weighted by molar-refractivity contribution is 9.10. The maximum atomic E-state index is 14.2. The van der Waals surface area contributed by atoms with Crippen LogP contribution in [-0.4, -0.2) is 19.3 Å². The quantitative estimate of drug-likeness (QED) is 0.708. The van der Waals surface area contributed by atoms with E-state index in [4.69, 9.17) is 4.74 Å². The van der Waals surface area contributed by atoms with E-state index in [0.29, 0.717) is 6.10 Å². The summed E-state index contributed by atoms with van der Waals surface area (Å²) in [5, 5.41) is 3.48. The van der Waals surface area contributed by atoms with Gasteiger partial charge in [-0.3, -0.25) is 0 Å². The smallest absolute Gasteiger partial charge is 0.129 e. The van der Waals surface area contributed by atoms with Crippen LogP contribution < -0.4 is 5.32 Å². The zero-order valence-corrected chi connectivity index (χ0v) is 14.3. The summed E-state index contributed by atoms with van der Waals surface area (Å²) in [7, 11) is 0. The van der Waals surface area contributed by atoms with Crippen molar-refractivity contribution in [2.75, 3.05) is 13.2 Å². The summed E-state index contributed by atoms with van der Waals surface area (Å²) in [6.45, 7) is 3.96. The summed E-state index contributed by atoms with van der Waals surface area (Å²) in [6, 6.07) is 5.45. The van der Waals surface area contributed by atoms with Crippen LogP contribution in [0.15, 0.2) is 22.7 Å². The van der Waals surface area contributed by atoms with Gasteiger partial charge in [0.05, 0.1) is 6.10 Å². The van der Waals surface area contributed by atoms with Gasteiger partial charge in [-0.25, -0.2) is 4.39 Å². The lowest BCUT2D eigenvalue weighted by atomic mass is 9.98. The molecular formula is C17H25BrFNO. The lowest BCUT2D eigenvalue weighted by Gasteiger charge is -2.20. The Morgan fingerprint density at radius 1 is 1.48 bits per heavy atom. The van der Waals surface area contributed by atoms with E-state index in [2.05, 4.69) is 28.2 Å². The monoisotopic (exact) mass is 357 g/mol. The van der Waals surface area contributed by atoms with Crippen molar-refractivity contribution in [2.24, 2.45) is 0 Å². The van der Waals surface area contributed by atoms with Crippen LogP contribution in [0.5, 0.6) is 0 Å². The van der Waals surface area contributed by atoms with Gasteiger partial charge in [0.1, 0.15) is 5.82 Å². The van der Waals surface area contributed by atoms with Gasteiger partial charge in [0.15, 0.2) is 0 Å². The van der Waals surface area contributed by atoms with Crippen molar-refractivity contribution in [3.05, 3.63) is 34.1 Å². The summed E-state index contributed by atoms with van der Waals surface area (Å²) < 4.78 is 20.6. The Morgan fingerprint density at radius 3 is 3.00 bits per heavy atom. The Bertz CT molecular complexity index is 435. The first-order chi connectivity index (χ1) is 10.2. The molecule has 0 aliphatic carbocycles. The van der Waals surface area contributed by atoms with Crippen LogP contribution in [0.4, 0.5) is 4.39 Å². The molecule has 1 saturated heterocycles. The molecule has 0 bridgehead atoms. The molecule has 2 nitrogen and oxygen atoms in total. The molecule has 1 aromatic carbocycles. The third kappa shape index (κ3) is 5.35. The molecule has 1 aliphatic heterocycles. The molecule has 2 rings (SSSR count). The van der Waals surface area contributed by atoms with Gasteiger partial charge >= 0.3 is 0 Å². The van der Waals surface area contributed by atoms with E-state index in [0.717, 1.165) is 48.9 Å². The minimum absolute atomic E-state index is 0.0967. The average molecular weight is 358 g/mol. The van der Waals surface area contributed by atoms with Crippen molar-refractivity contribution in [1.82, 2.24) is 5.32 Å². The van der Waals surface area contributed by atoms with Gasteiger partial charge in [0.2, 0.25) is 0 Å². The van der Waals surface area contributed by atoms with Gasteiger partial charge in [0, 0.05) is 22.7 Å². The van der Waals surface area contributed by atoms with Gasteiger partial charge < -0.3 is 10.1 Å². The Kier molecular flexibility index (Phi) is 7.14. The number of hydrogen-bond acceptors (Lipinski definition) is 2. The highest BCUT2D eigenvalue weighted by Crippen LogP contribution is 2.26. The molecule has 2 unspecified atom stereocenters. The fourth-order valence-corrected chi connectivity index (χ4v) is 3.22. The van der Waals surface area contributed by atoms with Crippen LogP contribution in [0.2, 0.25) is 0 Å². The van der Waals surface area contributed by atoms with Crippen LogP contribution in [0.3, 0.4) is 0 Å². The average Bonchev–Trinajstić information content (AvgIpc) is 2.96. The third-order valence-corrected chi connectivity index (χ3v) is 4.51. The number of hydrogen-bond donors (Lipinski definition) is 1. The Morgan fingerprint density at radius 2 is 2.33 bits per heavy atom. The third-order valence-electron chi connectivity index (χ3n) is 4.02. The molecule has 0 radical (unpaired) electrons. The van der Waals surface area contributed by atoms with E-state index in [-0.39, 0.29) is 11.9 Å². The summed E-state index contributed by atoms with van der Waals surface area (Å²) in [5.41, 5.74) is 0.777. The van der Waals surface area contributed by atoms with Gasteiger partial charge in [-0.2, -0.15) is 0 Å². The second kappa shape index (κ2) is 8.86. The van der Waals surface area contributed by atoms with Gasteiger partial charge in [-0.15, -0.1) is 0 Å². The van der Waals surface area contributed by atoms with Crippen molar-refractivity contribution >= 4 is 15.9 Å². The van der Waals surface area contributed by atoms with Crippen molar-refractivity contribution in [2.45, 2.75) is 57.6 Å². The molecule has 21 heavy (non-hydrogen) atoms. The van der Waals surface area contributed by atoms with E-state index >= 15 is 0 Å². The molecule has 0 saturated carbocycles. The molecule has 0 amide bonds. The molecule has 4 heteroatoms. The van der Waals surface area contributed by atoms with Crippen molar-refractivity contribution in [3.8, 4) is 0 Å². The number of benzene rings is 1. The SMILES string of the molecule is CCCNC(CCCC1CCCO1)c1ccc(Br)cc1F. The fourth-order valence-electron chi connectivity index (χ4n) is 2.89. The number of nitrogens with one attached hydrogen (secondary N) is 1. The van der Waals surface area contributed by atoms with E-state index in [9.17, 15) is 4.39 Å². The summed E-state index contributed by atoms with van der Waals surface area (Å²) in [5.74, 6) is -0.130. The minimum atomic E-state index is -0.130. The van der Waals surface area contributed by atoms with Crippen LogP contribution in [0, 0.1) is 5.82 Å². The zero-order valence-electron chi connectivity index (χ0n) is 12.7. The van der Waals surface area contributed by atoms with Crippen molar-refractivity contribution < 1.29 is 9.13 Å². The first-order valence-electron chi connectivity index (χ1n) is 8.00. The first-order valence-corrected chi connectivity index (χ1v) is 8.80. The molecule has 1 fully saturated rings. The van der Waals surface area contributed by atoms with E-state index in [1.165, 1.54) is 12.8 Å². The Balaban J connectivity index is 1.92. The molecular weight excluding hydrogens is 333 g/mol. The minimum Gasteiger partial charge on any atom is -0.378 e. The molecule has 118 valence electrons.